The van der Waals surface area contributed by atoms with Gasteiger partial charge in [-0.05, 0) is 32.3 Å². The Balaban J connectivity index is 0.00000162. The van der Waals surface area contributed by atoms with Crippen LogP contribution < -0.4 is 10.6 Å². The van der Waals surface area contributed by atoms with Gasteiger partial charge in [0.1, 0.15) is 0 Å². The van der Waals surface area contributed by atoms with Crippen LogP contribution in [0.15, 0.2) is 18.2 Å². The first-order valence-corrected chi connectivity index (χ1v) is 6.40. The van der Waals surface area contributed by atoms with Crippen molar-refractivity contribution in [3.05, 3.63) is 18.2 Å². The van der Waals surface area contributed by atoms with Crippen molar-refractivity contribution in [1.29, 1.82) is 0 Å². The maximum atomic E-state index is 5.77. The van der Waals surface area contributed by atoms with Gasteiger partial charge in [0.2, 0.25) is 0 Å². The molecule has 0 aliphatic carbocycles. The number of benzene rings is 1. The first-order valence-electron chi connectivity index (χ1n) is 5.58. The Morgan fingerprint density at radius 1 is 1.22 bits per heavy atom. The van der Waals surface area contributed by atoms with E-state index in [9.17, 15) is 0 Å². The molecule has 100 valence electrons. The van der Waals surface area contributed by atoms with Crippen LogP contribution in [0.1, 0.15) is 0 Å². The van der Waals surface area contributed by atoms with Crippen molar-refractivity contribution in [2.75, 3.05) is 44.9 Å². The van der Waals surface area contributed by atoms with Gasteiger partial charge in [-0.3, -0.25) is 0 Å². The molecule has 0 saturated carbocycles. The number of likely N-dealkylation sites (N-methyl/N-ethyl adjacent to an activating group) is 2. The molecule has 18 heavy (non-hydrogen) atoms. The zero-order chi connectivity index (χ0) is 12.4. The predicted molar refractivity (Wildman–Crippen MR) is 83.1 cm³/mol. The van der Waals surface area contributed by atoms with Crippen LogP contribution in [0, 0.1) is 0 Å². The SMILES string of the molecule is CN(C)CCN(C)c1nc2ccc(N)cc2s1.Cl. The smallest absolute Gasteiger partial charge is 0.186 e. The van der Waals surface area contributed by atoms with Crippen LogP contribution in [0.25, 0.3) is 10.2 Å². The number of anilines is 2. The summed E-state index contributed by atoms with van der Waals surface area (Å²) < 4.78 is 1.15. The zero-order valence-corrected chi connectivity index (χ0v) is 12.5. The van der Waals surface area contributed by atoms with Gasteiger partial charge in [-0.25, -0.2) is 4.98 Å². The van der Waals surface area contributed by atoms with Crippen LogP contribution >= 0.6 is 23.7 Å². The van der Waals surface area contributed by atoms with Gasteiger partial charge in [0.15, 0.2) is 5.13 Å². The molecular formula is C12H19ClN4S. The number of rotatable bonds is 4. The third kappa shape index (κ3) is 3.48. The molecule has 2 aromatic rings. The Hall–Kier alpha value is -1.04. The van der Waals surface area contributed by atoms with E-state index in [1.165, 1.54) is 0 Å². The normalized spacial score (nSPS) is 10.7. The minimum Gasteiger partial charge on any atom is -0.399 e. The van der Waals surface area contributed by atoms with E-state index in [-0.39, 0.29) is 12.4 Å². The van der Waals surface area contributed by atoms with E-state index < -0.39 is 0 Å². The summed E-state index contributed by atoms with van der Waals surface area (Å²) in [6, 6.07) is 5.85. The molecule has 1 heterocycles. The third-order valence-electron chi connectivity index (χ3n) is 2.61. The Labute approximate surface area is 118 Å². The first kappa shape index (κ1) is 15.0. The number of nitrogens with two attached hydrogens (primary N) is 1. The molecule has 1 aromatic carbocycles. The molecule has 0 fully saturated rings. The number of nitrogen functional groups attached to an aromatic ring is 1. The Kier molecular flexibility index (Phi) is 5.19. The van der Waals surface area contributed by atoms with Gasteiger partial charge in [0.05, 0.1) is 10.2 Å². The quantitative estimate of drug-likeness (QED) is 0.876. The molecule has 2 rings (SSSR count). The highest BCUT2D eigenvalue weighted by Gasteiger charge is 2.08. The van der Waals surface area contributed by atoms with Crippen LogP contribution in [0.4, 0.5) is 10.8 Å². The second-order valence-electron chi connectivity index (χ2n) is 4.45. The van der Waals surface area contributed by atoms with Crippen molar-refractivity contribution in [3.63, 3.8) is 0 Å². The summed E-state index contributed by atoms with van der Waals surface area (Å²) in [4.78, 5) is 8.95. The molecule has 2 N–H and O–H groups in total. The van der Waals surface area contributed by atoms with Gasteiger partial charge >= 0.3 is 0 Å². The summed E-state index contributed by atoms with van der Waals surface area (Å²) in [7, 11) is 6.23. The maximum absolute atomic E-state index is 5.77. The number of thiazole rings is 1. The fraction of sp³-hybridized carbons (Fsp3) is 0.417. The maximum Gasteiger partial charge on any atom is 0.186 e. The Bertz CT molecular complexity index is 512. The summed E-state index contributed by atoms with van der Waals surface area (Å²) in [5.74, 6) is 0. The minimum absolute atomic E-state index is 0. The Morgan fingerprint density at radius 2 is 1.94 bits per heavy atom. The van der Waals surface area contributed by atoms with E-state index in [0.717, 1.165) is 34.1 Å². The van der Waals surface area contributed by atoms with E-state index in [2.05, 4.69) is 35.9 Å². The average Bonchev–Trinajstić information content (AvgIpc) is 2.68. The van der Waals surface area contributed by atoms with Crippen LogP contribution in [0.3, 0.4) is 0 Å². The lowest BCUT2D eigenvalue weighted by molar-refractivity contribution is 0.416. The lowest BCUT2D eigenvalue weighted by Gasteiger charge is -2.18. The highest BCUT2D eigenvalue weighted by Crippen LogP contribution is 2.29. The van der Waals surface area contributed by atoms with E-state index in [1.54, 1.807) is 11.3 Å². The molecule has 0 bridgehead atoms. The summed E-state index contributed by atoms with van der Waals surface area (Å²) in [6.45, 7) is 2.00. The molecule has 0 unspecified atom stereocenters. The molecule has 0 aliphatic rings. The average molecular weight is 287 g/mol. The second-order valence-corrected chi connectivity index (χ2v) is 5.46. The van der Waals surface area contributed by atoms with Gasteiger partial charge < -0.3 is 15.5 Å². The first-order chi connectivity index (χ1) is 8.06. The largest absolute Gasteiger partial charge is 0.399 e. The van der Waals surface area contributed by atoms with E-state index >= 15 is 0 Å². The van der Waals surface area contributed by atoms with E-state index in [0.29, 0.717) is 0 Å². The van der Waals surface area contributed by atoms with Crippen molar-refractivity contribution < 1.29 is 0 Å². The minimum atomic E-state index is 0. The van der Waals surface area contributed by atoms with Gasteiger partial charge in [-0.2, -0.15) is 0 Å². The van der Waals surface area contributed by atoms with E-state index in [1.807, 2.05) is 18.2 Å². The number of aromatic nitrogens is 1. The van der Waals surface area contributed by atoms with Gasteiger partial charge in [-0.1, -0.05) is 11.3 Å². The standard InChI is InChI=1S/C12H18N4S.ClH/c1-15(2)6-7-16(3)12-14-10-5-4-9(13)8-11(10)17-12;/h4-5,8H,6-7,13H2,1-3H3;1H. The molecule has 6 heteroatoms. The highest BCUT2D eigenvalue weighted by molar-refractivity contribution is 7.22. The predicted octanol–water partition coefficient (Wildman–Crippen LogP) is 2.30. The number of nitrogens with zero attached hydrogens (tertiary/aromatic N) is 3. The summed E-state index contributed by atoms with van der Waals surface area (Å²) in [6.07, 6.45) is 0. The van der Waals surface area contributed by atoms with Crippen molar-refractivity contribution in [2.24, 2.45) is 0 Å². The van der Waals surface area contributed by atoms with Crippen LogP contribution in [-0.2, 0) is 0 Å². The van der Waals surface area contributed by atoms with Crippen LogP contribution in [0.2, 0.25) is 0 Å². The molecule has 0 spiro atoms. The summed E-state index contributed by atoms with van der Waals surface area (Å²) in [5.41, 5.74) is 7.59. The molecule has 0 aliphatic heterocycles. The lowest BCUT2D eigenvalue weighted by atomic mass is 10.3. The molecular weight excluding hydrogens is 268 g/mol. The summed E-state index contributed by atoms with van der Waals surface area (Å²) >= 11 is 1.69. The molecule has 0 amide bonds. The number of hydrogen-bond donors (Lipinski definition) is 1. The number of hydrogen-bond acceptors (Lipinski definition) is 5. The van der Waals surface area contributed by atoms with Crippen LogP contribution in [0.5, 0.6) is 0 Å². The zero-order valence-electron chi connectivity index (χ0n) is 10.9. The van der Waals surface area contributed by atoms with Gasteiger partial charge in [0, 0.05) is 25.8 Å². The Morgan fingerprint density at radius 3 is 2.61 bits per heavy atom. The van der Waals surface area contributed by atoms with Crippen molar-refractivity contribution in [1.82, 2.24) is 9.88 Å². The fourth-order valence-electron chi connectivity index (χ4n) is 1.54. The monoisotopic (exact) mass is 286 g/mol. The van der Waals surface area contributed by atoms with Crippen molar-refractivity contribution in [2.45, 2.75) is 0 Å². The molecule has 0 atom stereocenters. The summed E-state index contributed by atoms with van der Waals surface area (Å²) in [5, 5.41) is 1.05. The van der Waals surface area contributed by atoms with E-state index in [4.69, 9.17) is 5.73 Å². The molecule has 0 radical (unpaired) electrons. The number of halogens is 1. The number of fused-ring (bicyclic) bond motifs is 1. The fourth-order valence-corrected chi connectivity index (χ4v) is 2.54. The molecule has 1 aromatic heterocycles. The second kappa shape index (κ2) is 6.22. The van der Waals surface area contributed by atoms with Gasteiger partial charge in [-0.15, -0.1) is 12.4 Å². The molecule has 0 saturated heterocycles. The molecule has 4 nitrogen and oxygen atoms in total. The highest BCUT2D eigenvalue weighted by atomic mass is 35.5. The van der Waals surface area contributed by atoms with Crippen molar-refractivity contribution >= 4 is 44.8 Å². The third-order valence-corrected chi connectivity index (χ3v) is 3.74. The van der Waals surface area contributed by atoms with Crippen LogP contribution in [-0.4, -0.2) is 44.1 Å². The van der Waals surface area contributed by atoms with Crippen molar-refractivity contribution in [3.8, 4) is 0 Å². The topological polar surface area (TPSA) is 45.4 Å². The van der Waals surface area contributed by atoms with Gasteiger partial charge in [0.25, 0.3) is 0 Å². The lowest BCUT2D eigenvalue weighted by Crippen LogP contribution is -2.28.